The van der Waals surface area contributed by atoms with Gasteiger partial charge in [-0.05, 0) is 77.2 Å². The Bertz CT molecular complexity index is 1830. The Hall–Kier alpha value is -6.48. The number of carbonyl (C=O) groups is 12. The summed E-state index contributed by atoms with van der Waals surface area (Å²) in [4.78, 5) is 153. The van der Waals surface area contributed by atoms with Crippen LogP contribution in [0.1, 0.15) is 91.4 Å². The van der Waals surface area contributed by atoms with Crippen LogP contribution in [0.25, 0.3) is 0 Å². The highest BCUT2D eigenvalue weighted by molar-refractivity contribution is 5.97. The summed E-state index contributed by atoms with van der Waals surface area (Å²) in [6, 6.07) is -8.60. The molecule has 0 bridgehead atoms. The van der Waals surface area contributed by atoms with E-state index < -0.39 is 145 Å². The van der Waals surface area contributed by atoms with Crippen molar-refractivity contribution < 1.29 is 72.9 Å². The first kappa shape index (κ1) is 57.6. The lowest BCUT2D eigenvalue weighted by Gasteiger charge is -2.26. The number of nitrogens with zero attached hydrogens (tertiary/aromatic N) is 1. The zero-order valence-corrected chi connectivity index (χ0v) is 38.6. The summed E-state index contributed by atoms with van der Waals surface area (Å²) in [5.74, 6) is -11.0. The second-order valence-corrected chi connectivity index (χ2v) is 17.1. The van der Waals surface area contributed by atoms with Gasteiger partial charge in [-0.25, -0.2) is 4.79 Å². The van der Waals surface area contributed by atoms with Gasteiger partial charge in [0.1, 0.15) is 36.3 Å². The fourth-order valence-electron chi connectivity index (χ4n) is 7.25. The van der Waals surface area contributed by atoms with Gasteiger partial charge in [0, 0.05) is 19.5 Å². The van der Waals surface area contributed by atoms with Gasteiger partial charge in [0.15, 0.2) is 0 Å². The first-order chi connectivity index (χ1) is 32.0. The third-order valence-corrected chi connectivity index (χ3v) is 10.8. The molecule has 10 amide bonds. The number of aliphatic hydroxyl groups is 1. The van der Waals surface area contributed by atoms with Crippen LogP contribution in [0.2, 0.25) is 0 Å². The Morgan fingerprint density at radius 2 is 1.31 bits per heavy atom. The van der Waals surface area contributed by atoms with Crippen molar-refractivity contribution in [3.8, 4) is 0 Å². The molecule has 2 aliphatic rings. The molecule has 8 atom stereocenters. The van der Waals surface area contributed by atoms with Crippen molar-refractivity contribution in [3.05, 3.63) is 0 Å². The number of carbonyl (C=O) groups excluding carboxylic acids is 10. The summed E-state index contributed by atoms with van der Waals surface area (Å²) in [5.41, 5.74) is 10.7. The highest BCUT2D eigenvalue weighted by atomic mass is 16.4. The average molecular weight is 969 g/mol. The normalized spacial score (nSPS) is 18.7. The van der Waals surface area contributed by atoms with Gasteiger partial charge in [-0.1, -0.05) is 13.8 Å². The van der Waals surface area contributed by atoms with Crippen molar-refractivity contribution in [2.45, 2.75) is 140 Å². The predicted molar refractivity (Wildman–Crippen MR) is 237 cm³/mol. The Labute approximate surface area is 392 Å². The lowest BCUT2D eigenvalue weighted by Crippen LogP contribution is -2.57. The smallest absolute Gasteiger partial charge is 0.326 e. The van der Waals surface area contributed by atoms with Gasteiger partial charge in [-0.15, -0.1) is 0 Å². The number of β-amino-alcohol motifs (C(OH)–C–C–N with tert-alkyl or cyclic N) is 1. The van der Waals surface area contributed by atoms with Crippen LogP contribution in [-0.2, 0) is 57.5 Å². The summed E-state index contributed by atoms with van der Waals surface area (Å²) in [7, 11) is 0. The van der Waals surface area contributed by atoms with E-state index in [4.69, 9.17) is 11.5 Å². The summed E-state index contributed by atoms with van der Waals surface area (Å²) < 4.78 is 0. The van der Waals surface area contributed by atoms with E-state index in [1.807, 2.05) is 0 Å². The molecule has 382 valence electrons. The highest BCUT2D eigenvalue weighted by Crippen LogP contribution is 2.18. The minimum absolute atomic E-state index is 0.00927. The van der Waals surface area contributed by atoms with E-state index in [9.17, 15) is 72.9 Å². The SMILES string of the molecule is CC(C)C[C@H](NC(=O)CNC(=O)[C@H](CC(=O)O)NC(=O)[C@H](CCCC(N)=O)NC(=O)CNC(=O)[C@@H]1C[C@@H](O)CN1)C(=O)N[C@@H](C)C(=O)NCC(=O)N1CCC[C@H]1C(=O)N[C@@H](CCCCN)C(=O)O. The maximum Gasteiger partial charge on any atom is 0.326 e. The minimum atomic E-state index is -1.79. The number of nitrogens with one attached hydrogen (secondary N) is 9. The number of hydrogen-bond acceptors (Lipinski definition) is 15. The van der Waals surface area contributed by atoms with Crippen molar-refractivity contribution >= 4 is 71.0 Å². The average Bonchev–Trinajstić information content (AvgIpc) is 3.94. The molecule has 2 rings (SSSR count). The third-order valence-electron chi connectivity index (χ3n) is 10.8. The molecule has 2 heterocycles. The number of carboxylic acid groups (broad SMARTS) is 2. The number of aliphatic hydroxyl groups excluding tert-OH is 1. The van der Waals surface area contributed by atoms with Gasteiger partial charge in [-0.2, -0.15) is 0 Å². The van der Waals surface area contributed by atoms with Gasteiger partial charge in [0.2, 0.25) is 59.1 Å². The standard InChI is InChI=1S/C41H68N12O15/c1-21(2)14-27(39(65)48-22(3)35(61)47-20-33(58)53-13-7-10-29(53)40(66)51-25(41(67)68)8-4-5-12-42)50-32(57)19-46-37(63)28(16-34(59)60)52-38(64)24(9-6-11-30(43)55)49-31(56)18-45-36(62)26-15-23(54)17-44-26/h21-29,44,54H,4-20,42H2,1-3H3,(H2,43,55)(H,45,62)(H,46,63)(H,47,61)(H,48,65)(H,49,56)(H,50,57)(H,51,66)(H,52,64)(H,59,60)(H,67,68)/t22-,23+,24-,25-,26-,27-,28-,29-/m0/s1. The Morgan fingerprint density at radius 3 is 1.90 bits per heavy atom. The molecular formula is C41H68N12O15. The summed E-state index contributed by atoms with van der Waals surface area (Å²) in [6.07, 6.45) is -0.0193. The third kappa shape index (κ3) is 21.0. The van der Waals surface area contributed by atoms with E-state index in [2.05, 4.69) is 47.9 Å². The fourth-order valence-corrected chi connectivity index (χ4v) is 7.25. The molecule has 16 N–H and O–H groups in total. The summed E-state index contributed by atoms with van der Waals surface area (Å²) in [6.45, 7) is 3.57. The van der Waals surface area contributed by atoms with Crippen molar-refractivity contribution in [1.29, 1.82) is 0 Å². The fraction of sp³-hybridized carbons (Fsp3) is 0.707. The lowest BCUT2D eigenvalue weighted by atomic mass is 10.0. The van der Waals surface area contributed by atoms with Gasteiger partial charge in [0.25, 0.3) is 0 Å². The Balaban J connectivity index is 1.99. The number of amides is 10. The first-order valence-corrected chi connectivity index (χ1v) is 22.5. The number of primary amides is 1. The van der Waals surface area contributed by atoms with Gasteiger partial charge in [0.05, 0.1) is 38.2 Å². The van der Waals surface area contributed by atoms with Crippen LogP contribution in [0.4, 0.5) is 0 Å². The molecule has 0 unspecified atom stereocenters. The van der Waals surface area contributed by atoms with Crippen molar-refractivity contribution in [2.24, 2.45) is 17.4 Å². The second-order valence-electron chi connectivity index (χ2n) is 17.1. The largest absolute Gasteiger partial charge is 0.481 e. The van der Waals surface area contributed by atoms with E-state index in [0.717, 1.165) is 0 Å². The molecule has 0 aromatic rings. The number of nitrogens with two attached hydrogens (primary N) is 2. The van der Waals surface area contributed by atoms with Crippen LogP contribution in [-0.4, -0.2) is 179 Å². The summed E-state index contributed by atoms with van der Waals surface area (Å²) >= 11 is 0. The van der Waals surface area contributed by atoms with Crippen molar-refractivity contribution in [2.75, 3.05) is 39.3 Å². The predicted octanol–water partition coefficient (Wildman–Crippen LogP) is -6.12. The van der Waals surface area contributed by atoms with Crippen LogP contribution in [0.3, 0.4) is 0 Å². The molecule has 2 aliphatic heterocycles. The van der Waals surface area contributed by atoms with E-state index >= 15 is 0 Å². The zero-order valence-electron chi connectivity index (χ0n) is 38.6. The quantitative estimate of drug-likeness (QED) is 0.0298. The molecule has 2 saturated heterocycles. The van der Waals surface area contributed by atoms with Crippen molar-refractivity contribution in [1.82, 2.24) is 52.8 Å². The number of aliphatic carboxylic acids is 2. The molecular weight excluding hydrogens is 901 g/mol. The van der Waals surface area contributed by atoms with E-state index in [-0.39, 0.29) is 64.0 Å². The topological polar surface area (TPSA) is 429 Å². The molecule has 0 spiro atoms. The van der Waals surface area contributed by atoms with Crippen LogP contribution in [0.15, 0.2) is 0 Å². The lowest BCUT2D eigenvalue weighted by molar-refractivity contribution is -0.144. The molecule has 0 radical (unpaired) electrons. The molecule has 68 heavy (non-hydrogen) atoms. The number of likely N-dealkylation sites (tertiary alicyclic amines) is 1. The molecule has 2 fully saturated rings. The Kier molecular flexibility index (Phi) is 24.9. The van der Waals surface area contributed by atoms with Crippen molar-refractivity contribution in [3.63, 3.8) is 0 Å². The van der Waals surface area contributed by atoms with Gasteiger partial charge in [-0.3, -0.25) is 52.7 Å². The molecule has 0 aromatic heterocycles. The monoisotopic (exact) mass is 968 g/mol. The Morgan fingerprint density at radius 1 is 0.691 bits per heavy atom. The molecule has 0 aromatic carbocycles. The molecule has 0 saturated carbocycles. The van der Waals surface area contributed by atoms with E-state index in [1.165, 1.54) is 11.8 Å². The van der Waals surface area contributed by atoms with Gasteiger partial charge < -0.3 is 79.5 Å². The molecule has 27 heteroatoms. The first-order valence-electron chi connectivity index (χ1n) is 22.5. The van der Waals surface area contributed by atoms with E-state index in [1.54, 1.807) is 13.8 Å². The van der Waals surface area contributed by atoms with Crippen LogP contribution in [0.5, 0.6) is 0 Å². The zero-order chi connectivity index (χ0) is 51.1. The van der Waals surface area contributed by atoms with Gasteiger partial charge >= 0.3 is 11.9 Å². The number of unbranched alkanes of at least 4 members (excludes halogenated alkanes) is 1. The second kappa shape index (κ2) is 29.3. The molecule has 0 aliphatic carbocycles. The number of hydrogen-bond donors (Lipinski definition) is 14. The number of carboxylic acids is 2. The maximum absolute atomic E-state index is 13.3. The van der Waals surface area contributed by atoms with Crippen LogP contribution in [0, 0.1) is 5.92 Å². The molecule has 27 nitrogen and oxygen atoms in total. The van der Waals surface area contributed by atoms with Crippen LogP contribution < -0.4 is 59.3 Å². The maximum atomic E-state index is 13.3. The minimum Gasteiger partial charge on any atom is -0.481 e. The summed E-state index contributed by atoms with van der Waals surface area (Å²) in [5, 5.41) is 50.4. The highest BCUT2D eigenvalue weighted by Gasteiger charge is 2.37. The number of rotatable bonds is 30. The van der Waals surface area contributed by atoms with E-state index in [0.29, 0.717) is 25.8 Å². The van der Waals surface area contributed by atoms with Crippen LogP contribution >= 0.6 is 0 Å².